The Morgan fingerprint density at radius 3 is 2.75 bits per heavy atom. The number of aromatic amines is 1. The van der Waals surface area contributed by atoms with Crippen molar-refractivity contribution < 1.29 is 8.81 Å². The van der Waals surface area contributed by atoms with Crippen LogP contribution in [0.15, 0.2) is 32.2 Å². The molecule has 0 saturated carbocycles. The summed E-state index contributed by atoms with van der Waals surface area (Å²) >= 11 is 0. The fraction of sp³-hybridized carbons (Fsp3) is 0.214. The molecule has 0 saturated heterocycles. The smallest absolute Gasteiger partial charge is 0.347 e. The average molecular weight is 274 g/mol. The molecule has 0 amide bonds. The molecule has 0 bridgehead atoms. The Kier molecular flexibility index (Phi) is 2.67. The third kappa shape index (κ3) is 1.80. The van der Waals surface area contributed by atoms with Gasteiger partial charge in [-0.15, -0.1) is 0 Å². The van der Waals surface area contributed by atoms with Gasteiger partial charge >= 0.3 is 11.3 Å². The molecule has 3 rings (SSSR count). The Morgan fingerprint density at radius 1 is 1.30 bits per heavy atom. The first kappa shape index (κ1) is 12.5. The van der Waals surface area contributed by atoms with E-state index < -0.39 is 17.1 Å². The minimum Gasteiger partial charge on any atom is -0.422 e. The number of halogens is 1. The minimum atomic E-state index is -0.634. The highest BCUT2D eigenvalue weighted by Gasteiger charge is 2.16. The molecule has 0 aliphatic heterocycles. The lowest BCUT2D eigenvalue weighted by Crippen LogP contribution is -2.18. The van der Waals surface area contributed by atoms with Crippen molar-refractivity contribution >= 4 is 21.9 Å². The van der Waals surface area contributed by atoms with Gasteiger partial charge in [-0.1, -0.05) is 13.8 Å². The SMILES string of the molecule is CC(C)c1[nH]c(=O)nc2c1c(=O)oc1cc(F)ccc12. The lowest BCUT2D eigenvalue weighted by atomic mass is 10.0. The maximum absolute atomic E-state index is 13.2. The molecule has 102 valence electrons. The van der Waals surface area contributed by atoms with Crippen LogP contribution in [0.25, 0.3) is 21.9 Å². The van der Waals surface area contributed by atoms with Crippen molar-refractivity contribution in [1.29, 1.82) is 0 Å². The molecule has 0 radical (unpaired) electrons. The van der Waals surface area contributed by atoms with Crippen LogP contribution in [0.2, 0.25) is 0 Å². The van der Waals surface area contributed by atoms with Crippen LogP contribution in [0.5, 0.6) is 0 Å². The van der Waals surface area contributed by atoms with Crippen molar-refractivity contribution in [2.75, 3.05) is 0 Å². The number of H-pyrrole nitrogens is 1. The number of nitrogens with zero attached hydrogens (tertiary/aromatic N) is 1. The van der Waals surface area contributed by atoms with Crippen LogP contribution in [-0.4, -0.2) is 9.97 Å². The van der Waals surface area contributed by atoms with Gasteiger partial charge in [0.15, 0.2) is 0 Å². The number of rotatable bonds is 1. The lowest BCUT2D eigenvalue weighted by Gasteiger charge is -2.09. The Hall–Kier alpha value is -2.50. The number of aromatic nitrogens is 2. The zero-order chi connectivity index (χ0) is 14.4. The van der Waals surface area contributed by atoms with Crippen molar-refractivity contribution in [3.05, 3.63) is 50.6 Å². The monoisotopic (exact) mass is 274 g/mol. The molecule has 3 aromatic rings. The van der Waals surface area contributed by atoms with Gasteiger partial charge in [0.2, 0.25) is 0 Å². The van der Waals surface area contributed by atoms with Crippen LogP contribution >= 0.6 is 0 Å². The zero-order valence-electron chi connectivity index (χ0n) is 10.9. The van der Waals surface area contributed by atoms with E-state index >= 15 is 0 Å². The van der Waals surface area contributed by atoms with Gasteiger partial charge in [0.05, 0.1) is 5.52 Å². The molecule has 0 aliphatic rings. The van der Waals surface area contributed by atoms with Gasteiger partial charge in [-0.05, 0) is 18.1 Å². The molecule has 0 spiro atoms. The fourth-order valence-corrected chi connectivity index (χ4v) is 2.25. The predicted octanol–water partition coefficient (Wildman–Crippen LogP) is 2.29. The van der Waals surface area contributed by atoms with Crippen molar-refractivity contribution in [1.82, 2.24) is 9.97 Å². The van der Waals surface area contributed by atoms with E-state index in [0.717, 1.165) is 6.07 Å². The molecular formula is C14H11FN2O3. The van der Waals surface area contributed by atoms with Gasteiger partial charge in [-0.3, -0.25) is 0 Å². The highest BCUT2D eigenvalue weighted by Crippen LogP contribution is 2.24. The standard InChI is InChI=1S/C14H11FN2O3/c1-6(2)11-10-12(17-14(19)16-11)8-4-3-7(15)5-9(8)20-13(10)18/h3-6H,1-2H3,(H,16,17,19). The van der Waals surface area contributed by atoms with E-state index in [2.05, 4.69) is 9.97 Å². The molecule has 0 atom stereocenters. The Bertz CT molecular complexity index is 941. The van der Waals surface area contributed by atoms with Gasteiger partial charge in [-0.25, -0.2) is 14.0 Å². The summed E-state index contributed by atoms with van der Waals surface area (Å²) in [6.07, 6.45) is 0. The van der Waals surface area contributed by atoms with Crippen molar-refractivity contribution in [3.63, 3.8) is 0 Å². The summed E-state index contributed by atoms with van der Waals surface area (Å²) in [6, 6.07) is 3.79. The molecule has 0 unspecified atom stereocenters. The Morgan fingerprint density at radius 2 is 2.05 bits per heavy atom. The lowest BCUT2D eigenvalue weighted by molar-refractivity contribution is 0.560. The number of fused-ring (bicyclic) bond motifs is 3. The zero-order valence-corrected chi connectivity index (χ0v) is 10.9. The summed E-state index contributed by atoms with van der Waals surface area (Å²) in [7, 11) is 0. The average Bonchev–Trinajstić information content (AvgIpc) is 2.37. The van der Waals surface area contributed by atoms with Crippen LogP contribution < -0.4 is 11.3 Å². The number of hydrogen-bond acceptors (Lipinski definition) is 4. The molecule has 0 fully saturated rings. The van der Waals surface area contributed by atoms with Gasteiger partial charge in [-0.2, -0.15) is 4.98 Å². The van der Waals surface area contributed by atoms with E-state index in [4.69, 9.17) is 4.42 Å². The normalized spacial score (nSPS) is 11.6. The summed E-state index contributed by atoms with van der Waals surface area (Å²) in [6.45, 7) is 3.69. The molecule has 0 aliphatic carbocycles. The minimum absolute atomic E-state index is 0.0750. The number of benzene rings is 1. The summed E-state index contributed by atoms with van der Waals surface area (Å²) in [5, 5.41) is 0.674. The maximum Gasteiger partial charge on any atom is 0.347 e. The fourth-order valence-electron chi connectivity index (χ4n) is 2.25. The molecule has 2 aromatic heterocycles. The van der Waals surface area contributed by atoms with E-state index in [9.17, 15) is 14.0 Å². The predicted molar refractivity (Wildman–Crippen MR) is 72.5 cm³/mol. The van der Waals surface area contributed by atoms with Crippen molar-refractivity contribution in [3.8, 4) is 0 Å². The molecular weight excluding hydrogens is 263 g/mol. The summed E-state index contributed by atoms with van der Waals surface area (Å²) in [4.78, 5) is 30.2. The Labute approximate surface area is 112 Å². The highest BCUT2D eigenvalue weighted by molar-refractivity contribution is 6.02. The van der Waals surface area contributed by atoms with Crippen LogP contribution in [0.4, 0.5) is 4.39 Å². The van der Waals surface area contributed by atoms with E-state index in [1.165, 1.54) is 12.1 Å². The Balaban J connectivity index is 2.63. The first-order valence-electron chi connectivity index (χ1n) is 6.13. The van der Waals surface area contributed by atoms with Crippen LogP contribution in [0.1, 0.15) is 25.5 Å². The second-order valence-electron chi connectivity index (χ2n) is 4.86. The van der Waals surface area contributed by atoms with E-state index in [1.54, 1.807) is 0 Å². The third-order valence-corrected chi connectivity index (χ3v) is 3.14. The topological polar surface area (TPSA) is 76.0 Å². The largest absolute Gasteiger partial charge is 0.422 e. The first-order valence-corrected chi connectivity index (χ1v) is 6.13. The van der Waals surface area contributed by atoms with Gasteiger partial charge in [0, 0.05) is 17.1 Å². The summed E-state index contributed by atoms with van der Waals surface area (Å²) < 4.78 is 18.3. The number of hydrogen-bond donors (Lipinski definition) is 1. The summed E-state index contributed by atoms with van der Waals surface area (Å²) in [5.74, 6) is -0.595. The quantitative estimate of drug-likeness (QED) is 0.545. The van der Waals surface area contributed by atoms with E-state index in [-0.39, 0.29) is 22.4 Å². The second kappa shape index (κ2) is 4.26. The van der Waals surface area contributed by atoms with Crippen LogP contribution in [0, 0.1) is 5.82 Å². The maximum atomic E-state index is 13.2. The molecule has 5 nitrogen and oxygen atoms in total. The molecule has 1 N–H and O–H groups in total. The highest BCUT2D eigenvalue weighted by atomic mass is 19.1. The first-order chi connectivity index (χ1) is 9.47. The molecule has 20 heavy (non-hydrogen) atoms. The van der Waals surface area contributed by atoms with Crippen LogP contribution in [-0.2, 0) is 0 Å². The number of nitrogens with one attached hydrogen (secondary N) is 1. The van der Waals surface area contributed by atoms with Gasteiger partial charge < -0.3 is 9.40 Å². The van der Waals surface area contributed by atoms with E-state index in [1.807, 2.05) is 13.8 Å². The van der Waals surface area contributed by atoms with Crippen molar-refractivity contribution in [2.24, 2.45) is 0 Å². The van der Waals surface area contributed by atoms with Gasteiger partial charge in [0.25, 0.3) is 0 Å². The van der Waals surface area contributed by atoms with Gasteiger partial charge in [0.1, 0.15) is 16.8 Å². The molecule has 1 aromatic carbocycles. The van der Waals surface area contributed by atoms with Crippen molar-refractivity contribution in [2.45, 2.75) is 19.8 Å². The third-order valence-electron chi connectivity index (χ3n) is 3.14. The summed E-state index contributed by atoms with van der Waals surface area (Å²) in [5.41, 5.74) is -0.387. The second-order valence-corrected chi connectivity index (χ2v) is 4.86. The van der Waals surface area contributed by atoms with Crippen LogP contribution in [0.3, 0.4) is 0 Å². The van der Waals surface area contributed by atoms with E-state index in [0.29, 0.717) is 11.1 Å². The molecule has 6 heteroatoms. The molecule has 2 heterocycles.